The average molecular weight is 673 g/mol. The summed E-state index contributed by atoms with van der Waals surface area (Å²) in [6.07, 6.45) is -7.04. The largest absolute Gasteiger partial charge is 0.695 e. The molecular formula is C21H27N10O12P2+. The van der Waals surface area contributed by atoms with E-state index in [9.17, 15) is 33.9 Å². The Balaban J connectivity index is 1.23. The Labute approximate surface area is 251 Å². The van der Waals surface area contributed by atoms with Crippen molar-refractivity contribution in [1.29, 1.82) is 0 Å². The SMILES string of the molecule is C[C@H](OP(=O)(O)O[C@@H]1C[C@@H](CO)O[C@H]1n1cnc2c(=O)[nH]c(N)nc21)[C@@H]1O[C@@H](n2cnc3c(N)ncnc32)[C@H](O)[C@@H]1O[P+](=O)O. The van der Waals surface area contributed by atoms with Gasteiger partial charge in [-0.3, -0.25) is 28.0 Å². The van der Waals surface area contributed by atoms with E-state index in [2.05, 4.69) is 29.9 Å². The topological polar surface area (TPSA) is 320 Å². The van der Waals surface area contributed by atoms with Gasteiger partial charge >= 0.3 is 16.1 Å². The van der Waals surface area contributed by atoms with Gasteiger partial charge in [0.05, 0.1) is 31.5 Å². The van der Waals surface area contributed by atoms with E-state index < -0.39 is 77.3 Å². The molecule has 45 heavy (non-hydrogen) atoms. The number of H-pyrrole nitrogens is 1. The van der Waals surface area contributed by atoms with E-state index in [1.165, 1.54) is 28.7 Å². The molecule has 0 aromatic carbocycles. The van der Waals surface area contributed by atoms with Crippen LogP contribution in [0.15, 0.2) is 23.8 Å². The summed E-state index contributed by atoms with van der Waals surface area (Å²) in [4.78, 5) is 54.9. The van der Waals surface area contributed by atoms with E-state index in [0.717, 1.165) is 6.33 Å². The Bertz CT molecular complexity index is 1850. The zero-order valence-electron chi connectivity index (χ0n) is 23.0. The maximum absolute atomic E-state index is 13.3. The fraction of sp³-hybridized carbons (Fsp3) is 0.524. The van der Waals surface area contributed by atoms with Crippen molar-refractivity contribution in [3.05, 3.63) is 29.3 Å². The monoisotopic (exact) mass is 673 g/mol. The lowest BCUT2D eigenvalue weighted by Crippen LogP contribution is -2.39. The Morgan fingerprint density at radius 3 is 2.58 bits per heavy atom. The first-order valence-electron chi connectivity index (χ1n) is 13.1. The van der Waals surface area contributed by atoms with Gasteiger partial charge in [0.2, 0.25) is 5.95 Å². The summed E-state index contributed by atoms with van der Waals surface area (Å²) in [5.41, 5.74) is 11.1. The molecular weight excluding hydrogens is 646 g/mol. The number of aromatic amines is 1. The second kappa shape index (κ2) is 12.0. The number of aliphatic hydroxyl groups excluding tert-OH is 2. The van der Waals surface area contributed by atoms with Gasteiger partial charge < -0.3 is 36.0 Å². The van der Waals surface area contributed by atoms with Crippen LogP contribution in [0.3, 0.4) is 0 Å². The van der Waals surface area contributed by atoms with Crippen molar-refractivity contribution in [2.24, 2.45) is 0 Å². The summed E-state index contributed by atoms with van der Waals surface area (Å²) in [6, 6.07) is 0. The number of phosphoric acid groups is 1. The minimum Gasteiger partial charge on any atom is -0.394 e. The van der Waals surface area contributed by atoms with E-state index in [0.29, 0.717) is 0 Å². The number of rotatable bonds is 10. The lowest BCUT2D eigenvalue weighted by atomic mass is 10.1. The number of ether oxygens (including phenoxy) is 2. The lowest BCUT2D eigenvalue weighted by Gasteiger charge is -2.27. The van der Waals surface area contributed by atoms with E-state index in [4.69, 9.17) is 34.5 Å². The summed E-state index contributed by atoms with van der Waals surface area (Å²) in [5, 5.41) is 20.8. The first-order valence-corrected chi connectivity index (χ1v) is 15.8. The minimum atomic E-state index is -5.03. The lowest BCUT2D eigenvalue weighted by molar-refractivity contribution is -0.0817. The number of phosphoric ester groups is 1. The summed E-state index contributed by atoms with van der Waals surface area (Å²) < 4.78 is 55.1. The average Bonchev–Trinajstić information content (AvgIpc) is 3.73. The third kappa shape index (κ3) is 5.93. The number of nitrogen functional groups attached to an aromatic ring is 2. The first kappa shape index (κ1) is 31.5. The second-order valence-electron chi connectivity index (χ2n) is 10.1. The predicted molar refractivity (Wildman–Crippen MR) is 148 cm³/mol. The number of imidazole rings is 2. The van der Waals surface area contributed by atoms with E-state index in [1.807, 2.05) is 0 Å². The molecule has 2 unspecified atom stereocenters. The Morgan fingerprint density at radius 1 is 1.16 bits per heavy atom. The summed E-state index contributed by atoms with van der Waals surface area (Å²) >= 11 is 0. The van der Waals surface area contributed by atoms with Gasteiger partial charge in [-0.25, -0.2) is 24.5 Å². The van der Waals surface area contributed by atoms with Crippen molar-refractivity contribution in [3.63, 3.8) is 0 Å². The van der Waals surface area contributed by atoms with Gasteiger partial charge in [0.25, 0.3) is 5.56 Å². The second-order valence-corrected chi connectivity index (χ2v) is 12.2. The highest BCUT2D eigenvalue weighted by Crippen LogP contribution is 2.52. The van der Waals surface area contributed by atoms with Crippen LogP contribution in [-0.4, -0.2) is 102 Å². The van der Waals surface area contributed by atoms with E-state index >= 15 is 0 Å². The first-order chi connectivity index (χ1) is 21.4. The zero-order chi connectivity index (χ0) is 32.2. The third-order valence-corrected chi connectivity index (χ3v) is 8.79. The van der Waals surface area contributed by atoms with Crippen LogP contribution in [0.1, 0.15) is 25.8 Å². The van der Waals surface area contributed by atoms with Crippen LogP contribution in [-0.2, 0) is 32.2 Å². The van der Waals surface area contributed by atoms with Gasteiger partial charge in [-0.1, -0.05) is 0 Å². The van der Waals surface area contributed by atoms with Crippen molar-refractivity contribution < 1.29 is 52.2 Å². The Kier molecular flexibility index (Phi) is 8.39. The van der Waals surface area contributed by atoms with E-state index in [1.54, 1.807) is 0 Å². The maximum atomic E-state index is 13.3. The van der Waals surface area contributed by atoms with Gasteiger partial charge in [0.15, 0.2) is 41.2 Å². The highest BCUT2D eigenvalue weighted by molar-refractivity contribution is 7.47. The van der Waals surface area contributed by atoms with Crippen LogP contribution in [0.5, 0.6) is 0 Å². The van der Waals surface area contributed by atoms with Gasteiger partial charge in [0.1, 0.15) is 30.2 Å². The molecule has 0 spiro atoms. The number of nitrogens with one attached hydrogen (secondary N) is 1. The fourth-order valence-electron chi connectivity index (χ4n) is 5.33. The van der Waals surface area contributed by atoms with Crippen LogP contribution in [0.4, 0.5) is 11.8 Å². The summed E-state index contributed by atoms with van der Waals surface area (Å²) in [7, 11) is -8.30. The van der Waals surface area contributed by atoms with Crippen LogP contribution >= 0.6 is 16.1 Å². The molecule has 0 aliphatic carbocycles. The highest BCUT2D eigenvalue weighted by atomic mass is 31.2. The van der Waals surface area contributed by atoms with Gasteiger partial charge in [0, 0.05) is 11.0 Å². The molecule has 2 aliphatic rings. The Morgan fingerprint density at radius 2 is 1.87 bits per heavy atom. The molecule has 0 bridgehead atoms. The van der Waals surface area contributed by atoms with Crippen LogP contribution in [0, 0.1) is 0 Å². The molecule has 9 N–H and O–H groups in total. The minimum absolute atomic E-state index is 0.00737. The summed E-state index contributed by atoms with van der Waals surface area (Å²) in [6.45, 7) is 0.819. The standard InChI is InChI=1S/C21H26N10O12P2/c1-7(13-14(41-44(35)36)12(33)20(40-13)30-5-26-10-15(22)24-4-25-16(10)30)42-45(37,38)43-9-2-8(3-32)39-19(9)31-6-27-11-17(31)28-21(23)29-18(11)34/h4-9,12-14,19-20,32-33H,2-3H2,1H3,(H6-,22,23,24,25,28,29,34,35,36,37,38)/p+1/t7-,8-,9+,12+,13-,14-,19+,20+/m0/s1. The summed E-state index contributed by atoms with van der Waals surface area (Å²) in [5.74, 6) is -0.164. The molecule has 4 aromatic rings. The number of hydrogen-bond donors (Lipinski definition) is 7. The van der Waals surface area contributed by atoms with E-state index in [-0.39, 0.29) is 40.5 Å². The molecule has 0 radical (unpaired) electrons. The molecule has 4 aromatic heterocycles. The molecule has 6 heterocycles. The molecule has 0 saturated carbocycles. The third-order valence-electron chi connectivity index (χ3n) is 7.23. The molecule has 0 amide bonds. The number of anilines is 2. The number of nitrogens with zero attached hydrogens (tertiary/aromatic N) is 7. The number of fused-ring (bicyclic) bond motifs is 2. The number of hydrogen-bond acceptors (Lipinski definition) is 17. The maximum Gasteiger partial charge on any atom is 0.695 e. The number of nitrogens with two attached hydrogens (primary N) is 2. The van der Waals surface area contributed by atoms with Gasteiger partial charge in [-0.2, -0.15) is 4.98 Å². The van der Waals surface area contributed by atoms with Crippen molar-refractivity contribution in [2.75, 3.05) is 18.1 Å². The predicted octanol–water partition coefficient (Wildman–Crippen LogP) is -1.41. The fourth-order valence-corrected chi connectivity index (χ4v) is 6.91. The van der Waals surface area contributed by atoms with Crippen molar-refractivity contribution >= 4 is 50.2 Å². The molecule has 22 nitrogen and oxygen atoms in total. The molecule has 10 atom stereocenters. The van der Waals surface area contributed by atoms with Crippen molar-refractivity contribution in [2.45, 2.75) is 62.4 Å². The molecule has 24 heteroatoms. The molecule has 242 valence electrons. The quantitative estimate of drug-likeness (QED) is 0.0950. The Hall–Kier alpha value is -3.53. The number of aromatic nitrogens is 8. The highest BCUT2D eigenvalue weighted by Gasteiger charge is 2.54. The van der Waals surface area contributed by atoms with Gasteiger partial charge in [-0.05, 0) is 6.92 Å². The number of aliphatic hydroxyl groups is 2. The van der Waals surface area contributed by atoms with Crippen LogP contribution in [0.25, 0.3) is 22.3 Å². The molecule has 2 fully saturated rings. The molecule has 6 rings (SSSR count). The van der Waals surface area contributed by atoms with Gasteiger partial charge in [-0.15, -0.1) is 9.42 Å². The smallest absolute Gasteiger partial charge is 0.394 e. The van der Waals surface area contributed by atoms with Crippen molar-refractivity contribution in [1.82, 2.24) is 39.0 Å². The van der Waals surface area contributed by atoms with Crippen LogP contribution in [0.2, 0.25) is 0 Å². The van der Waals surface area contributed by atoms with Crippen LogP contribution < -0.4 is 17.0 Å². The molecule has 2 aliphatic heterocycles. The van der Waals surface area contributed by atoms with Crippen molar-refractivity contribution in [3.8, 4) is 0 Å². The zero-order valence-corrected chi connectivity index (χ0v) is 24.8. The molecule has 2 saturated heterocycles. The normalized spacial score (nSPS) is 29.4.